The maximum Gasteiger partial charge on any atom is 0.164 e. The van der Waals surface area contributed by atoms with Crippen LogP contribution in [0.4, 0.5) is 0 Å². The lowest BCUT2D eigenvalue weighted by Gasteiger charge is -2.25. The van der Waals surface area contributed by atoms with Crippen LogP contribution in [0.5, 0.6) is 17.2 Å². The molecule has 0 aromatic heterocycles. The minimum absolute atomic E-state index is 0.0926. The van der Waals surface area contributed by atoms with Crippen molar-refractivity contribution in [3.63, 3.8) is 0 Å². The standard InChI is InChI=1S/C26H36O4/c1-18(2)9-7-10-19(3)11-8-12-20-13-21(15-22(27)14-20)23-16-25(29-5)26(30-6)17-24(23)28-4/h9,11,14,16-17,21H,7-8,10,12-13,15H2,1-6H3/b19-11+. The minimum Gasteiger partial charge on any atom is -0.496 e. The van der Waals surface area contributed by atoms with Gasteiger partial charge in [0.2, 0.25) is 0 Å². The number of ether oxygens (including phenoxy) is 3. The molecule has 164 valence electrons. The first kappa shape index (κ1) is 23.8. The lowest BCUT2D eigenvalue weighted by molar-refractivity contribution is -0.115. The molecule has 0 radical (unpaired) electrons. The van der Waals surface area contributed by atoms with Crippen molar-refractivity contribution in [2.75, 3.05) is 21.3 Å². The van der Waals surface area contributed by atoms with Crippen LogP contribution in [0.2, 0.25) is 0 Å². The number of ketones is 1. The third-order valence-corrected chi connectivity index (χ3v) is 5.55. The molecule has 0 bridgehead atoms. The van der Waals surface area contributed by atoms with E-state index >= 15 is 0 Å². The highest BCUT2D eigenvalue weighted by atomic mass is 16.5. The van der Waals surface area contributed by atoms with Crippen LogP contribution in [-0.2, 0) is 4.79 Å². The maximum absolute atomic E-state index is 12.4. The van der Waals surface area contributed by atoms with Crippen molar-refractivity contribution in [2.24, 2.45) is 0 Å². The third kappa shape index (κ3) is 6.79. The van der Waals surface area contributed by atoms with Crippen LogP contribution in [0.1, 0.15) is 70.8 Å². The maximum atomic E-state index is 12.4. The predicted molar refractivity (Wildman–Crippen MR) is 123 cm³/mol. The average molecular weight is 413 g/mol. The topological polar surface area (TPSA) is 44.8 Å². The summed E-state index contributed by atoms with van der Waals surface area (Å²) in [5.74, 6) is 2.30. The van der Waals surface area contributed by atoms with Crippen LogP contribution in [0.25, 0.3) is 0 Å². The Kier molecular flexibility index (Phi) is 9.22. The molecular formula is C26H36O4. The Morgan fingerprint density at radius 2 is 1.60 bits per heavy atom. The van der Waals surface area contributed by atoms with Crippen molar-refractivity contribution >= 4 is 5.78 Å². The van der Waals surface area contributed by atoms with Gasteiger partial charge in [-0.15, -0.1) is 0 Å². The lowest BCUT2D eigenvalue weighted by atomic mass is 9.81. The van der Waals surface area contributed by atoms with Gasteiger partial charge in [-0.05, 0) is 70.9 Å². The summed E-state index contributed by atoms with van der Waals surface area (Å²) >= 11 is 0. The molecule has 4 heteroatoms. The number of hydrogen-bond acceptors (Lipinski definition) is 4. The number of benzene rings is 1. The number of carbonyl (C=O) groups is 1. The van der Waals surface area contributed by atoms with Gasteiger partial charge < -0.3 is 14.2 Å². The van der Waals surface area contributed by atoms with Crippen LogP contribution < -0.4 is 14.2 Å². The fourth-order valence-electron chi connectivity index (χ4n) is 3.94. The molecule has 1 atom stereocenters. The van der Waals surface area contributed by atoms with E-state index in [-0.39, 0.29) is 11.7 Å². The van der Waals surface area contributed by atoms with E-state index in [0.29, 0.717) is 17.9 Å². The van der Waals surface area contributed by atoms with E-state index in [1.54, 1.807) is 21.3 Å². The Hall–Kier alpha value is -2.49. The number of carbonyl (C=O) groups excluding carboxylic acids is 1. The van der Waals surface area contributed by atoms with Crippen molar-refractivity contribution < 1.29 is 19.0 Å². The Bertz CT molecular complexity index is 826. The molecule has 1 aliphatic carbocycles. The molecular weight excluding hydrogens is 376 g/mol. The molecule has 4 nitrogen and oxygen atoms in total. The third-order valence-electron chi connectivity index (χ3n) is 5.55. The minimum atomic E-state index is 0.0926. The van der Waals surface area contributed by atoms with E-state index in [1.165, 1.54) is 16.7 Å². The zero-order chi connectivity index (χ0) is 22.1. The summed E-state index contributed by atoms with van der Waals surface area (Å²) in [6, 6.07) is 3.79. The van der Waals surface area contributed by atoms with E-state index in [2.05, 4.69) is 32.9 Å². The Morgan fingerprint density at radius 1 is 0.933 bits per heavy atom. The molecule has 2 rings (SSSR count). The van der Waals surface area contributed by atoms with E-state index < -0.39 is 0 Å². The molecule has 0 amide bonds. The van der Waals surface area contributed by atoms with Crippen LogP contribution in [0.15, 0.2) is 47.1 Å². The highest BCUT2D eigenvalue weighted by Gasteiger charge is 2.26. The van der Waals surface area contributed by atoms with Crippen LogP contribution >= 0.6 is 0 Å². The molecule has 0 heterocycles. The quantitative estimate of drug-likeness (QED) is 0.408. The molecule has 1 aliphatic rings. The number of rotatable bonds is 10. The largest absolute Gasteiger partial charge is 0.496 e. The molecule has 30 heavy (non-hydrogen) atoms. The summed E-state index contributed by atoms with van der Waals surface area (Å²) in [6.45, 7) is 6.46. The second-order valence-corrected chi connectivity index (χ2v) is 8.23. The van der Waals surface area contributed by atoms with Crippen molar-refractivity contribution in [3.05, 3.63) is 52.6 Å². The molecule has 1 aromatic carbocycles. The second-order valence-electron chi connectivity index (χ2n) is 8.23. The van der Waals surface area contributed by atoms with E-state index in [0.717, 1.165) is 43.4 Å². The number of methoxy groups -OCH3 is 3. The first-order valence-electron chi connectivity index (χ1n) is 10.7. The van der Waals surface area contributed by atoms with E-state index in [9.17, 15) is 4.79 Å². The van der Waals surface area contributed by atoms with Gasteiger partial charge in [-0.2, -0.15) is 0 Å². The summed E-state index contributed by atoms with van der Waals surface area (Å²) in [4.78, 5) is 12.4. The molecule has 0 spiro atoms. The van der Waals surface area contributed by atoms with Gasteiger partial charge in [0, 0.05) is 18.1 Å². The smallest absolute Gasteiger partial charge is 0.164 e. The SMILES string of the molecule is COc1cc(OC)c(C2CC(=O)C=C(CC/C=C(\C)CCC=C(C)C)C2)cc1OC. The highest BCUT2D eigenvalue weighted by Crippen LogP contribution is 2.43. The zero-order valence-electron chi connectivity index (χ0n) is 19.3. The normalized spacial score (nSPS) is 16.7. The van der Waals surface area contributed by atoms with Gasteiger partial charge >= 0.3 is 0 Å². The summed E-state index contributed by atoms with van der Waals surface area (Å²) < 4.78 is 16.5. The van der Waals surface area contributed by atoms with Crippen molar-refractivity contribution in [2.45, 2.75) is 65.2 Å². The summed E-state index contributed by atoms with van der Waals surface area (Å²) in [7, 11) is 4.88. The molecule has 0 fully saturated rings. The first-order chi connectivity index (χ1) is 14.4. The van der Waals surface area contributed by atoms with E-state index in [4.69, 9.17) is 14.2 Å². The van der Waals surface area contributed by atoms with E-state index in [1.807, 2.05) is 18.2 Å². The summed E-state index contributed by atoms with van der Waals surface area (Å²) in [5.41, 5.74) is 4.99. The number of hydrogen-bond donors (Lipinski definition) is 0. The molecule has 1 unspecified atom stereocenters. The first-order valence-corrected chi connectivity index (χ1v) is 10.7. The fourth-order valence-corrected chi connectivity index (χ4v) is 3.94. The van der Waals surface area contributed by atoms with Crippen LogP contribution in [-0.4, -0.2) is 27.1 Å². The van der Waals surface area contributed by atoms with Gasteiger partial charge in [-0.1, -0.05) is 28.9 Å². The predicted octanol–water partition coefficient (Wildman–Crippen LogP) is 6.56. The lowest BCUT2D eigenvalue weighted by Crippen LogP contribution is -2.14. The zero-order valence-corrected chi connectivity index (χ0v) is 19.3. The van der Waals surface area contributed by atoms with Crippen molar-refractivity contribution in [3.8, 4) is 17.2 Å². The Morgan fingerprint density at radius 3 is 2.23 bits per heavy atom. The summed E-state index contributed by atoms with van der Waals surface area (Å²) in [6.07, 6.45) is 11.9. The molecule has 0 N–H and O–H groups in total. The Balaban J connectivity index is 2.08. The van der Waals surface area contributed by atoms with Gasteiger partial charge in [-0.25, -0.2) is 0 Å². The van der Waals surface area contributed by atoms with Crippen LogP contribution in [0, 0.1) is 0 Å². The molecule has 0 saturated heterocycles. The van der Waals surface area contributed by atoms with Gasteiger partial charge in [0.05, 0.1) is 21.3 Å². The van der Waals surface area contributed by atoms with Gasteiger partial charge in [-0.3, -0.25) is 4.79 Å². The monoisotopic (exact) mass is 412 g/mol. The molecule has 1 aromatic rings. The van der Waals surface area contributed by atoms with Crippen molar-refractivity contribution in [1.29, 1.82) is 0 Å². The van der Waals surface area contributed by atoms with Crippen molar-refractivity contribution in [1.82, 2.24) is 0 Å². The average Bonchev–Trinajstić information content (AvgIpc) is 2.72. The Labute approximate surface area is 181 Å². The summed E-state index contributed by atoms with van der Waals surface area (Å²) in [5, 5.41) is 0. The highest BCUT2D eigenvalue weighted by molar-refractivity contribution is 5.92. The second kappa shape index (κ2) is 11.6. The number of allylic oxidation sites excluding steroid dienone is 6. The van der Waals surface area contributed by atoms with Gasteiger partial charge in [0.15, 0.2) is 17.3 Å². The molecule has 0 saturated carbocycles. The molecule has 0 aliphatic heterocycles. The fraction of sp³-hybridized carbons (Fsp3) is 0.500. The van der Waals surface area contributed by atoms with Gasteiger partial charge in [0.25, 0.3) is 0 Å². The van der Waals surface area contributed by atoms with Gasteiger partial charge in [0.1, 0.15) is 5.75 Å². The van der Waals surface area contributed by atoms with Crippen LogP contribution in [0.3, 0.4) is 0 Å².